The summed E-state index contributed by atoms with van der Waals surface area (Å²) in [7, 11) is 1.41. The second kappa shape index (κ2) is 8.75. The van der Waals surface area contributed by atoms with Crippen LogP contribution in [-0.4, -0.2) is 46.4 Å². The maximum atomic E-state index is 12.0. The molecule has 22 heavy (non-hydrogen) atoms. The van der Waals surface area contributed by atoms with E-state index >= 15 is 0 Å². The smallest absolute Gasteiger partial charge is 0.242 e. The fourth-order valence-corrected chi connectivity index (χ4v) is 2.68. The Balaban J connectivity index is 2.61. The first-order chi connectivity index (χ1) is 10.4. The summed E-state index contributed by atoms with van der Waals surface area (Å²) in [5.74, 6) is 0.749. The first-order valence-corrected chi connectivity index (χ1v) is 8.81. The van der Waals surface area contributed by atoms with Crippen LogP contribution in [0.15, 0.2) is 34.2 Å². The number of nitrogens with one attached hydrogen (secondary N) is 2. The molecule has 0 fully saturated rings. The van der Waals surface area contributed by atoms with Crippen LogP contribution in [0.3, 0.4) is 0 Å². The molecule has 0 unspecified atom stereocenters. The van der Waals surface area contributed by atoms with Crippen molar-refractivity contribution in [2.45, 2.75) is 31.2 Å². The summed E-state index contributed by atoms with van der Waals surface area (Å²) >= 11 is 0. The number of aliphatic imine (C=N–C) groups is 1. The summed E-state index contributed by atoms with van der Waals surface area (Å²) in [4.78, 5) is 4.44. The number of sulfonamides is 1. The topological polar surface area (TPSA) is 73.8 Å². The molecule has 0 aliphatic heterocycles. The third-order valence-corrected chi connectivity index (χ3v) is 5.04. The zero-order valence-corrected chi connectivity index (χ0v) is 14.6. The van der Waals surface area contributed by atoms with Gasteiger partial charge in [-0.05, 0) is 24.1 Å². The van der Waals surface area contributed by atoms with Crippen LogP contribution in [0.5, 0.6) is 0 Å². The van der Waals surface area contributed by atoms with E-state index < -0.39 is 10.0 Å². The molecule has 0 bridgehead atoms. The van der Waals surface area contributed by atoms with E-state index in [0.717, 1.165) is 30.9 Å². The number of benzene rings is 1. The van der Waals surface area contributed by atoms with Crippen LogP contribution in [0.2, 0.25) is 0 Å². The highest BCUT2D eigenvalue weighted by atomic mass is 32.2. The normalized spacial score (nSPS) is 12.5. The number of unbranched alkanes of at least 4 members (excludes halogenated alkanes) is 1. The minimum atomic E-state index is -3.37. The fraction of sp³-hybridized carbons (Fsp3) is 0.533. The van der Waals surface area contributed by atoms with Gasteiger partial charge in [0.2, 0.25) is 10.0 Å². The number of guanidine groups is 1. The Hall–Kier alpha value is -1.60. The van der Waals surface area contributed by atoms with Crippen LogP contribution < -0.4 is 10.6 Å². The Labute approximate surface area is 133 Å². The van der Waals surface area contributed by atoms with Gasteiger partial charge >= 0.3 is 0 Å². The molecule has 0 aliphatic carbocycles. The molecule has 0 aliphatic rings. The van der Waals surface area contributed by atoms with Crippen molar-refractivity contribution in [1.82, 2.24) is 14.9 Å². The second-order valence-electron chi connectivity index (χ2n) is 5.14. The molecule has 124 valence electrons. The van der Waals surface area contributed by atoms with Crippen LogP contribution in [-0.2, 0) is 16.6 Å². The van der Waals surface area contributed by atoms with E-state index in [9.17, 15) is 8.42 Å². The predicted molar refractivity (Wildman–Crippen MR) is 90.4 cm³/mol. The van der Waals surface area contributed by atoms with Gasteiger partial charge in [0, 0.05) is 34.2 Å². The number of nitrogens with zero attached hydrogens (tertiary/aromatic N) is 2. The minimum Gasteiger partial charge on any atom is -0.356 e. The van der Waals surface area contributed by atoms with Gasteiger partial charge in [0.25, 0.3) is 0 Å². The van der Waals surface area contributed by atoms with Crippen LogP contribution in [0, 0.1) is 0 Å². The molecule has 0 saturated heterocycles. The molecule has 0 amide bonds. The van der Waals surface area contributed by atoms with Crippen molar-refractivity contribution in [2.24, 2.45) is 4.99 Å². The maximum Gasteiger partial charge on any atom is 0.242 e. The highest BCUT2D eigenvalue weighted by molar-refractivity contribution is 7.89. The van der Waals surface area contributed by atoms with Gasteiger partial charge in [-0.3, -0.25) is 4.99 Å². The molecule has 7 heteroatoms. The first-order valence-electron chi connectivity index (χ1n) is 7.37. The third kappa shape index (κ3) is 5.31. The Morgan fingerprint density at radius 2 is 1.82 bits per heavy atom. The van der Waals surface area contributed by atoms with Crippen molar-refractivity contribution < 1.29 is 8.42 Å². The average molecular weight is 326 g/mol. The Kier molecular flexibility index (Phi) is 7.34. The largest absolute Gasteiger partial charge is 0.356 e. The van der Waals surface area contributed by atoms with Crippen molar-refractivity contribution in [3.63, 3.8) is 0 Å². The zero-order valence-electron chi connectivity index (χ0n) is 13.8. The second-order valence-corrected chi connectivity index (χ2v) is 7.29. The van der Waals surface area contributed by atoms with Crippen molar-refractivity contribution >= 4 is 16.0 Å². The third-order valence-electron chi connectivity index (χ3n) is 3.21. The number of hydrogen-bond acceptors (Lipinski definition) is 3. The van der Waals surface area contributed by atoms with E-state index in [-0.39, 0.29) is 0 Å². The van der Waals surface area contributed by atoms with Gasteiger partial charge in [0.15, 0.2) is 5.96 Å². The molecule has 0 radical (unpaired) electrons. The fourth-order valence-electron chi connectivity index (χ4n) is 1.78. The van der Waals surface area contributed by atoms with Gasteiger partial charge in [0.1, 0.15) is 0 Å². The monoisotopic (exact) mass is 326 g/mol. The molecule has 1 aromatic carbocycles. The van der Waals surface area contributed by atoms with Crippen LogP contribution >= 0.6 is 0 Å². The standard InChI is InChI=1S/C15H26N4O2S/c1-5-6-11-17-15(16-2)18-12-13-7-9-14(10-8-13)22(20,21)19(3)4/h7-10H,5-6,11-12H2,1-4H3,(H2,16,17,18). The highest BCUT2D eigenvalue weighted by Crippen LogP contribution is 2.13. The van der Waals surface area contributed by atoms with Gasteiger partial charge in [-0.2, -0.15) is 0 Å². The minimum absolute atomic E-state index is 0.298. The lowest BCUT2D eigenvalue weighted by molar-refractivity contribution is 0.520. The molecular formula is C15H26N4O2S. The molecule has 0 aromatic heterocycles. The van der Waals surface area contributed by atoms with Gasteiger partial charge in [-0.1, -0.05) is 25.5 Å². The maximum absolute atomic E-state index is 12.0. The summed E-state index contributed by atoms with van der Waals surface area (Å²) in [6.45, 7) is 3.62. The predicted octanol–water partition coefficient (Wildman–Crippen LogP) is 1.40. The van der Waals surface area contributed by atoms with E-state index in [1.54, 1.807) is 19.2 Å². The van der Waals surface area contributed by atoms with Gasteiger partial charge in [-0.15, -0.1) is 0 Å². The van der Waals surface area contributed by atoms with E-state index in [2.05, 4.69) is 22.5 Å². The SMILES string of the molecule is CCCCNC(=NC)NCc1ccc(S(=O)(=O)N(C)C)cc1. The lowest BCUT2D eigenvalue weighted by Crippen LogP contribution is -2.37. The molecule has 0 spiro atoms. The first kappa shape index (κ1) is 18.4. The number of rotatable bonds is 7. The molecule has 1 rings (SSSR count). The Morgan fingerprint density at radius 3 is 2.32 bits per heavy atom. The van der Waals surface area contributed by atoms with E-state index in [0.29, 0.717) is 11.4 Å². The average Bonchev–Trinajstić information content (AvgIpc) is 2.51. The quantitative estimate of drug-likeness (QED) is 0.451. The molecular weight excluding hydrogens is 300 g/mol. The van der Waals surface area contributed by atoms with Crippen LogP contribution in [0.1, 0.15) is 25.3 Å². The molecule has 1 aromatic rings. The lowest BCUT2D eigenvalue weighted by Gasteiger charge is -2.13. The lowest BCUT2D eigenvalue weighted by atomic mass is 10.2. The molecule has 0 heterocycles. The van der Waals surface area contributed by atoms with E-state index in [1.165, 1.54) is 18.4 Å². The van der Waals surface area contributed by atoms with Crippen molar-refractivity contribution in [3.05, 3.63) is 29.8 Å². The molecule has 0 saturated carbocycles. The summed E-state index contributed by atoms with van der Waals surface area (Å²) in [6, 6.07) is 6.87. The van der Waals surface area contributed by atoms with Gasteiger partial charge in [0.05, 0.1) is 4.90 Å². The summed E-state index contributed by atoms with van der Waals surface area (Å²) in [5, 5.41) is 6.43. The van der Waals surface area contributed by atoms with Crippen LogP contribution in [0.4, 0.5) is 0 Å². The molecule has 2 N–H and O–H groups in total. The summed E-state index contributed by atoms with van der Waals surface area (Å²) < 4.78 is 25.2. The van der Waals surface area contributed by atoms with E-state index in [1.807, 2.05) is 12.1 Å². The van der Waals surface area contributed by atoms with Crippen LogP contribution in [0.25, 0.3) is 0 Å². The highest BCUT2D eigenvalue weighted by Gasteiger charge is 2.16. The van der Waals surface area contributed by atoms with Gasteiger partial charge in [-0.25, -0.2) is 12.7 Å². The Bertz CT molecular complexity index is 580. The molecule has 0 atom stereocenters. The number of hydrogen-bond donors (Lipinski definition) is 2. The van der Waals surface area contributed by atoms with Crippen molar-refractivity contribution in [2.75, 3.05) is 27.7 Å². The summed E-state index contributed by atoms with van der Waals surface area (Å²) in [6.07, 6.45) is 2.23. The summed E-state index contributed by atoms with van der Waals surface area (Å²) in [5.41, 5.74) is 0.996. The zero-order chi connectivity index (χ0) is 16.6. The molecule has 6 nitrogen and oxygen atoms in total. The van der Waals surface area contributed by atoms with Gasteiger partial charge < -0.3 is 10.6 Å². The van der Waals surface area contributed by atoms with Crippen molar-refractivity contribution in [1.29, 1.82) is 0 Å². The van der Waals surface area contributed by atoms with E-state index in [4.69, 9.17) is 0 Å². The van der Waals surface area contributed by atoms with Crippen molar-refractivity contribution in [3.8, 4) is 0 Å². The Morgan fingerprint density at radius 1 is 1.18 bits per heavy atom.